The van der Waals surface area contributed by atoms with E-state index in [-0.39, 0.29) is 30.7 Å². The van der Waals surface area contributed by atoms with Crippen LogP contribution in [0.4, 0.5) is 5.88 Å². The molecule has 0 unspecified atom stereocenters. The van der Waals surface area contributed by atoms with Crippen molar-refractivity contribution in [3.05, 3.63) is 71.7 Å². The first-order valence-electron chi connectivity index (χ1n) is 11.1. The lowest BCUT2D eigenvalue weighted by molar-refractivity contribution is 0.0744. The summed E-state index contributed by atoms with van der Waals surface area (Å²) >= 11 is 0. The number of oxazole rings is 1. The molecule has 0 saturated carbocycles. The van der Waals surface area contributed by atoms with Crippen molar-refractivity contribution in [2.45, 2.75) is 25.3 Å². The maximum Gasteiger partial charge on any atom is 0.269 e. The molecule has 2 aromatic carbocycles. The standard InChI is InChI=1S/C25H27N3O7S/c1-17-18(2)27-35-25(17)28(16-33-13-12-32-3)36(30,31)23-7-5-4-6-22(23)21-9-8-19(14-20(21)15-29)24-26-10-11-34-24/h4-11,14,29H,12-13,15-16H2,1-3H3. The van der Waals surface area contributed by atoms with Crippen LogP contribution in [0.5, 0.6) is 0 Å². The number of ether oxygens (including phenoxy) is 2. The van der Waals surface area contributed by atoms with Crippen LogP contribution in [0, 0.1) is 13.8 Å². The normalized spacial score (nSPS) is 11.7. The molecule has 0 aliphatic rings. The molecule has 0 amide bonds. The van der Waals surface area contributed by atoms with Crippen LogP contribution in [0.3, 0.4) is 0 Å². The van der Waals surface area contributed by atoms with Gasteiger partial charge in [0.2, 0.25) is 11.8 Å². The van der Waals surface area contributed by atoms with Crippen LogP contribution in [-0.2, 0) is 26.1 Å². The Kier molecular flexibility index (Phi) is 7.85. The first-order chi connectivity index (χ1) is 17.4. The molecule has 0 saturated heterocycles. The van der Waals surface area contributed by atoms with Gasteiger partial charge < -0.3 is 23.5 Å². The van der Waals surface area contributed by atoms with Crippen LogP contribution in [-0.4, -0.2) is 50.7 Å². The Labute approximate surface area is 209 Å². The first kappa shape index (κ1) is 25.6. The first-order valence-corrected chi connectivity index (χ1v) is 12.6. The van der Waals surface area contributed by atoms with Crippen LogP contribution in [0.15, 0.2) is 68.8 Å². The van der Waals surface area contributed by atoms with Crippen LogP contribution in [0.1, 0.15) is 16.8 Å². The molecule has 4 aromatic rings. The van der Waals surface area contributed by atoms with Gasteiger partial charge in [0.1, 0.15) is 13.0 Å². The van der Waals surface area contributed by atoms with Crippen LogP contribution in [0.2, 0.25) is 0 Å². The fraction of sp³-hybridized carbons (Fsp3) is 0.280. The smallest absolute Gasteiger partial charge is 0.269 e. The van der Waals surface area contributed by atoms with Crippen LogP contribution < -0.4 is 4.31 Å². The van der Waals surface area contributed by atoms with Gasteiger partial charge in [0.25, 0.3) is 10.0 Å². The molecule has 0 fully saturated rings. The Bertz CT molecular complexity index is 1420. The molecule has 0 atom stereocenters. The minimum Gasteiger partial charge on any atom is -0.445 e. The van der Waals surface area contributed by atoms with Gasteiger partial charge in [0.05, 0.1) is 36.6 Å². The molecule has 0 bridgehead atoms. The molecule has 11 heteroatoms. The molecule has 0 aliphatic heterocycles. The topological polar surface area (TPSA) is 128 Å². The van der Waals surface area contributed by atoms with E-state index in [0.717, 1.165) is 4.31 Å². The number of rotatable bonds is 11. The van der Waals surface area contributed by atoms with Gasteiger partial charge in [-0.2, -0.15) is 0 Å². The van der Waals surface area contributed by atoms with Crippen molar-refractivity contribution in [2.24, 2.45) is 0 Å². The summed E-state index contributed by atoms with van der Waals surface area (Å²) in [6, 6.07) is 11.8. The Morgan fingerprint density at radius 1 is 1.08 bits per heavy atom. The number of anilines is 1. The minimum atomic E-state index is -4.19. The van der Waals surface area contributed by atoms with E-state index in [1.54, 1.807) is 50.2 Å². The second-order valence-corrected chi connectivity index (χ2v) is 9.78. The zero-order valence-electron chi connectivity index (χ0n) is 20.2. The van der Waals surface area contributed by atoms with Gasteiger partial charge >= 0.3 is 0 Å². The maximum atomic E-state index is 14.0. The van der Waals surface area contributed by atoms with E-state index in [9.17, 15) is 13.5 Å². The van der Waals surface area contributed by atoms with Crippen molar-refractivity contribution in [2.75, 3.05) is 31.4 Å². The van der Waals surface area contributed by atoms with E-state index in [4.69, 9.17) is 18.4 Å². The van der Waals surface area contributed by atoms with Gasteiger partial charge in [-0.15, -0.1) is 0 Å². The lowest BCUT2D eigenvalue weighted by Gasteiger charge is -2.24. The van der Waals surface area contributed by atoms with Crippen molar-refractivity contribution in [1.82, 2.24) is 10.1 Å². The average molecular weight is 514 g/mol. The molecule has 2 heterocycles. The zero-order chi connectivity index (χ0) is 25.7. The number of hydrogen-bond acceptors (Lipinski definition) is 9. The average Bonchev–Trinajstić information content (AvgIpc) is 3.54. The van der Waals surface area contributed by atoms with Crippen molar-refractivity contribution in [1.29, 1.82) is 0 Å². The van der Waals surface area contributed by atoms with Crippen molar-refractivity contribution >= 4 is 15.9 Å². The van der Waals surface area contributed by atoms with Crippen molar-refractivity contribution in [3.8, 4) is 22.6 Å². The number of aliphatic hydroxyl groups excluding tert-OH is 1. The summed E-state index contributed by atoms with van der Waals surface area (Å²) in [6.07, 6.45) is 2.99. The molecule has 2 aromatic heterocycles. The molecule has 0 radical (unpaired) electrons. The summed E-state index contributed by atoms with van der Waals surface area (Å²) in [4.78, 5) is 4.16. The fourth-order valence-corrected chi connectivity index (χ4v) is 5.23. The van der Waals surface area contributed by atoms with Gasteiger partial charge in [0, 0.05) is 23.8 Å². The minimum absolute atomic E-state index is 0.0207. The lowest BCUT2D eigenvalue weighted by Crippen LogP contribution is -2.34. The number of aliphatic hydroxyl groups is 1. The van der Waals surface area contributed by atoms with Gasteiger partial charge in [0.15, 0.2) is 0 Å². The summed E-state index contributed by atoms with van der Waals surface area (Å²) in [6.45, 7) is 3.34. The van der Waals surface area contributed by atoms with E-state index >= 15 is 0 Å². The van der Waals surface area contributed by atoms with Crippen molar-refractivity contribution in [3.63, 3.8) is 0 Å². The molecular weight excluding hydrogens is 486 g/mol. The largest absolute Gasteiger partial charge is 0.445 e. The van der Waals surface area contributed by atoms with E-state index in [1.165, 1.54) is 25.6 Å². The number of benzene rings is 2. The van der Waals surface area contributed by atoms with E-state index in [0.29, 0.717) is 46.0 Å². The maximum absolute atomic E-state index is 14.0. The quantitative estimate of drug-likeness (QED) is 0.234. The molecule has 4 rings (SSSR count). The predicted octanol–water partition coefficient (Wildman–Crippen LogP) is 3.92. The summed E-state index contributed by atoms with van der Waals surface area (Å²) in [5.41, 5.74) is 3.30. The fourth-order valence-electron chi connectivity index (χ4n) is 3.68. The Balaban J connectivity index is 1.80. The molecule has 10 nitrogen and oxygen atoms in total. The van der Waals surface area contributed by atoms with Gasteiger partial charge in [-0.1, -0.05) is 29.4 Å². The summed E-state index contributed by atoms with van der Waals surface area (Å²) in [7, 11) is -2.65. The molecule has 0 aliphatic carbocycles. The highest BCUT2D eigenvalue weighted by atomic mass is 32.2. The number of methoxy groups -OCH3 is 1. The Morgan fingerprint density at radius 3 is 2.56 bits per heavy atom. The number of sulfonamides is 1. The van der Waals surface area contributed by atoms with Gasteiger partial charge in [-0.25, -0.2) is 17.7 Å². The van der Waals surface area contributed by atoms with E-state index in [1.807, 2.05) is 0 Å². The third-order valence-corrected chi connectivity index (χ3v) is 7.46. The van der Waals surface area contributed by atoms with Gasteiger partial charge in [-0.3, -0.25) is 0 Å². The van der Waals surface area contributed by atoms with E-state index < -0.39 is 10.0 Å². The van der Waals surface area contributed by atoms with E-state index in [2.05, 4.69) is 10.1 Å². The lowest BCUT2D eigenvalue weighted by atomic mass is 9.97. The summed E-state index contributed by atoms with van der Waals surface area (Å²) < 4.78 is 50.5. The number of aromatic nitrogens is 2. The zero-order valence-corrected chi connectivity index (χ0v) is 21.0. The second kappa shape index (κ2) is 11.0. The third kappa shape index (κ3) is 5.05. The van der Waals surface area contributed by atoms with Crippen LogP contribution >= 0.6 is 0 Å². The number of hydrogen-bond donors (Lipinski definition) is 1. The van der Waals surface area contributed by atoms with Crippen molar-refractivity contribution < 1.29 is 31.9 Å². The molecule has 0 spiro atoms. The highest BCUT2D eigenvalue weighted by Gasteiger charge is 2.32. The second-order valence-electron chi connectivity index (χ2n) is 7.95. The molecule has 190 valence electrons. The number of aryl methyl sites for hydroxylation is 1. The molecule has 1 N–H and O–H groups in total. The third-order valence-electron chi connectivity index (χ3n) is 5.70. The predicted molar refractivity (Wildman–Crippen MR) is 132 cm³/mol. The SMILES string of the molecule is COCCOCN(c1onc(C)c1C)S(=O)(=O)c1ccccc1-c1ccc(-c2ncco2)cc1CO. The number of nitrogens with zero attached hydrogens (tertiary/aromatic N) is 3. The Hall–Kier alpha value is -3.51. The summed E-state index contributed by atoms with van der Waals surface area (Å²) in [5, 5.41) is 14.0. The van der Waals surface area contributed by atoms with Crippen LogP contribution in [0.25, 0.3) is 22.6 Å². The Morgan fingerprint density at radius 2 is 1.89 bits per heavy atom. The van der Waals surface area contributed by atoms with Gasteiger partial charge in [-0.05, 0) is 43.2 Å². The molecular formula is C25H27N3O7S. The summed E-state index contributed by atoms with van der Waals surface area (Å²) in [5.74, 6) is 0.467. The highest BCUT2D eigenvalue weighted by Crippen LogP contribution is 2.36. The monoisotopic (exact) mass is 513 g/mol. The highest BCUT2D eigenvalue weighted by molar-refractivity contribution is 7.93. The molecule has 36 heavy (non-hydrogen) atoms.